The number of nitrogens with zero attached hydrogens (tertiary/aromatic N) is 1. The Kier molecular flexibility index (Phi) is 15.7. The molecule has 0 aliphatic rings. The normalized spacial score (nSPS) is 9.59. The number of fused-ring (bicyclic) bond motifs is 1. The van der Waals surface area contributed by atoms with Gasteiger partial charge in [0.25, 0.3) is 5.69 Å². The molecule has 7 rings (SSSR count). The highest BCUT2D eigenvalue weighted by Gasteiger charge is 2.00. The summed E-state index contributed by atoms with van der Waals surface area (Å²) < 4.78 is 0. The number of hydrogen-bond donors (Lipinski definition) is 0. The molecule has 248 valence electrons. The molecule has 0 radical (unpaired) electrons. The molecular weight excluding hydrogens is 599 g/mol. The quantitative estimate of drug-likeness (QED) is 0.139. The predicted octanol–water partition coefficient (Wildman–Crippen LogP) is 13.0. The highest BCUT2D eigenvalue weighted by atomic mass is 16.6. The summed E-state index contributed by atoms with van der Waals surface area (Å²) in [4.78, 5) is 9.71. The molecule has 0 saturated carbocycles. The monoisotopic (exact) mass is 645 g/mol. The second-order valence-electron chi connectivity index (χ2n) is 12.0. The van der Waals surface area contributed by atoms with E-state index < -0.39 is 4.92 Å². The third kappa shape index (κ3) is 14.7. The van der Waals surface area contributed by atoms with Gasteiger partial charge in [0, 0.05) is 12.1 Å². The second-order valence-corrected chi connectivity index (χ2v) is 12.0. The Morgan fingerprint density at radius 2 is 0.694 bits per heavy atom. The molecule has 7 aromatic carbocycles. The Balaban J connectivity index is 0.000000169. The van der Waals surface area contributed by atoms with Crippen LogP contribution in [0.5, 0.6) is 0 Å². The van der Waals surface area contributed by atoms with E-state index in [2.05, 4.69) is 162 Å². The number of aryl methyl sites for hydroxylation is 6. The van der Waals surface area contributed by atoms with Gasteiger partial charge < -0.3 is 0 Å². The van der Waals surface area contributed by atoms with Crippen LogP contribution in [0.15, 0.2) is 176 Å². The Labute approximate surface area is 292 Å². The molecule has 49 heavy (non-hydrogen) atoms. The molecule has 0 fully saturated rings. The van der Waals surface area contributed by atoms with Crippen LogP contribution >= 0.6 is 0 Å². The third-order valence-electron chi connectivity index (χ3n) is 7.47. The lowest BCUT2D eigenvalue weighted by Gasteiger charge is -2.00. The summed E-state index contributed by atoms with van der Waals surface area (Å²) in [5, 5.41) is 12.8. The predicted molar refractivity (Wildman–Crippen MR) is 210 cm³/mol. The Hall–Kier alpha value is -5.80. The molecule has 7 aromatic rings. The molecule has 0 amide bonds. The minimum Gasteiger partial charge on any atom is -0.258 e. The molecule has 0 N–H and O–H groups in total. The van der Waals surface area contributed by atoms with E-state index in [-0.39, 0.29) is 5.69 Å². The summed E-state index contributed by atoms with van der Waals surface area (Å²) in [5.41, 5.74) is 10.3. The summed E-state index contributed by atoms with van der Waals surface area (Å²) in [6.07, 6.45) is 0. The van der Waals surface area contributed by atoms with Crippen LogP contribution in [0.2, 0.25) is 0 Å². The van der Waals surface area contributed by atoms with Crippen molar-refractivity contribution in [2.45, 2.75) is 41.5 Å². The molecule has 0 spiro atoms. The number of nitro benzene ring substituents is 1. The van der Waals surface area contributed by atoms with Crippen molar-refractivity contribution < 1.29 is 4.92 Å². The molecule has 0 saturated heterocycles. The molecule has 3 heteroatoms. The average Bonchev–Trinajstić information content (AvgIpc) is 3.12. The molecule has 0 aliphatic carbocycles. The largest absolute Gasteiger partial charge is 0.269 e. The SMILES string of the molecule is Cc1ccc(-c2ccccc2)cc1.Cc1ccc(C)cc1.Cc1ccc([N+](=O)[O-])cc1.Cc1ccc2ccccc2c1.Cc1ccccc1. The van der Waals surface area contributed by atoms with Crippen molar-refractivity contribution in [1.29, 1.82) is 0 Å². The fourth-order valence-electron chi connectivity index (χ4n) is 4.52. The summed E-state index contributed by atoms with van der Waals surface area (Å²) in [6, 6.07) is 59.1. The highest BCUT2D eigenvalue weighted by molar-refractivity contribution is 5.82. The first kappa shape index (κ1) is 37.7. The van der Waals surface area contributed by atoms with Crippen molar-refractivity contribution in [3.05, 3.63) is 219 Å². The van der Waals surface area contributed by atoms with E-state index in [0.29, 0.717) is 0 Å². The van der Waals surface area contributed by atoms with Crippen LogP contribution in [-0.2, 0) is 0 Å². The van der Waals surface area contributed by atoms with Gasteiger partial charge in [-0.25, -0.2) is 0 Å². The van der Waals surface area contributed by atoms with E-state index in [9.17, 15) is 10.1 Å². The van der Waals surface area contributed by atoms with Crippen molar-refractivity contribution in [3.63, 3.8) is 0 Å². The van der Waals surface area contributed by atoms with Gasteiger partial charge in [0.2, 0.25) is 0 Å². The number of non-ortho nitro benzene ring substituents is 1. The topological polar surface area (TPSA) is 43.1 Å². The first-order chi connectivity index (χ1) is 23.6. The summed E-state index contributed by atoms with van der Waals surface area (Å²) in [6.45, 7) is 12.4. The maximum Gasteiger partial charge on any atom is 0.269 e. The van der Waals surface area contributed by atoms with Crippen LogP contribution in [0.25, 0.3) is 21.9 Å². The van der Waals surface area contributed by atoms with Gasteiger partial charge in [0.05, 0.1) is 4.92 Å². The maximum atomic E-state index is 10.1. The van der Waals surface area contributed by atoms with Crippen molar-refractivity contribution >= 4 is 16.5 Å². The Morgan fingerprint density at radius 3 is 1.14 bits per heavy atom. The summed E-state index contributed by atoms with van der Waals surface area (Å²) in [7, 11) is 0. The van der Waals surface area contributed by atoms with Crippen LogP contribution in [0.3, 0.4) is 0 Å². The van der Waals surface area contributed by atoms with Crippen LogP contribution in [-0.4, -0.2) is 4.92 Å². The molecule has 0 aromatic heterocycles. The minimum atomic E-state index is -0.403. The maximum absolute atomic E-state index is 10.1. The molecular formula is C46H47NO2. The van der Waals surface area contributed by atoms with E-state index in [1.807, 2.05) is 31.2 Å². The van der Waals surface area contributed by atoms with Gasteiger partial charge in [-0.3, -0.25) is 10.1 Å². The van der Waals surface area contributed by atoms with Crippen LogP contribution in [0.4, 0.5) is 5.69 Å². The van der Waals surface area contributed by atoms with Crippen LogP contribution in [0, 0.1) is 51.7 Å². The molecule has 0 aliphatic heterocycles. The van der Waals surface area contributed by atoms with Gasteiger partial charge in [-0.15, -0.1) is 0 Å². The molecule has 0 heterocycles. The lowest BCUT2D eigenvalue weighted by Crippen LogP contribution is -1.86. The van der Waals surface area contributed by atoms with E-state index in [1.165, 1.54) is 61.8 Å². The Morgan fingerprint density at radius 1 is 0.347 bits per heavy atom. The first-order valence-electron chi connectivity index (χ1n) is 16.4. The zero-order valence-electron chi connectivity index (χ0n) is 29.5. The van der Waals surface area contributed by atoms with Gasteiger partial charge in [-0.1, -0.05) is 197 Å². The van der Waals surface area contributed by atoms with E-state index in [4.69, 9.17) is 0 Å². The summed E-state index contributed by atoms with van der Waals surface area (Å²) >= 11 is 0. The van der Waals surface area contributed by atoms with Crippen LogP contribution < -0.4 is 0 Å². The zero-order chi connectivity index (χ0) is 35.4. The standard InChI is InChI=1S/C13H12.C11H10.C8H10.C7H7NO2.C7H8/c1-11-7-9-13(10-8-11)12-5-3-2-4-6-12;1-9-6-7-10-4-2-3-5-11(10)8-9;1-7-3-5-8(2)6-4-7;1-6-2-4-7(5-3-6)8(9)10;1-7-5-3-2-4-6-7/h2-10H,1H3;2-8H,1H3;3-6H,1-2H3;2-5H,1H3;2-6H,1H3. The second kappa shape index (κ2) is 20.4. The van der Waals surface area contributed by atoms with Crippen molar-refractivity contribution in [1.82, 2.24) is 0 Å². The van der Waals surface area contributed by atoms with E-state index >= 15 is 0 Å². The van der Waals surface area contributed by atoms with Crippen molar-refractivity contribution in [2.24, 2.45) is 0 Å². The molecule has 3 nitrogen and oxygen atoms in total. The molecule has 0 atom stereocenters. The highest BCUT2D eigenvalue weighted by Crippen LogP contribution is 2.19. The fraction of sp³-hybridized carbons (Fsp3) is 0.130. The number of benzene rings is 7. The minimum absolute atomic E-state index is 0.144. The lowest BCUT2D eigenvalue weighted by atomic mass is 10.0. The van der Waals surface area contributed by atoms with Gasteiger partial charge in [-0.05, 0) is 63.4 Å². The molecule has 0 unspecified atom stereocenters. The van der Waals surface area contributed by atoms with Gasteiger partial charge in [0.15, 0.2) is 0 Å². The number of hydrogen-bond acceptors (Lipinski definition) is 2. The van der Waals surface area contributed by atoms with Gasteiger partial charge in [-0.2, -0.15) is 0 Å². The van der Waals surface area contributed by atoms with E-state index in [0.717, 1.165) is 5.56 Å². The lowest BCUT2D eigenvalue weighted by molar-refractivity contribution is -0.384. The number of rotatable bonds is 2. The number of nitro groups is 1. The first-order valence-corrected chi connectivity index (χ1v) is 16.4. The zero-order valence-corrected chi connectivity index (χ0v) is 29.5. The average molecular weight is 646 g/mol. The third-order valence-corrected chi connectivity index (χ3v) is 7.47. The van der Waals surface area contributed by atoms with Crippen LogP contribution in [0.1, 0.15) is 33.4 Å². The smallest absolute Gasteiger partial charge is 0.258 e. The summed E-state index contributed by atoms with van der Waals surface area (Å²) in [5.74, 6) is 0. The Bertz CT molecular complexity index is 1930. The molecule has 0 bridgehead atoms. The van der Waals surface area contributed by atoms with Crippen molar-refractivity contribution in [3.8, 4) is 11.1 Å². The fourth-order valence-corrected chi connectivity index (χ4v) is 4.52. The van der Waals surface area contributed by atoms with E-state index in [1.54, 1.807) is 12.1 Å². The van der Waals surface area contributed by atoms with Gasteiger partial charge >= 0.3 is 0 Å². The van der Waals surface area contributed by atoms with Gasteiger partial charge in [0.1, 0.15) is 0 Å². The van der Waals surface area contributed by atoms with Crippen molar-refractivity contribution in [2.75, 3.05) is 0 Å².